The van der Waals surface area contributed by atoms with Crippen LogP contribution in [0.5, 0.6) is 11.5 Å². The minimum Gasteiger partial charge on any atom is -0.497 e. The minimum absolute atomic E-state index is 0.142. The molecule has 190 valence electrons. The Bertz CT molecular complexity index is 1550. The Balaban J connectivity index is 1.31. The highest BCUT2D eigenvalue weighted by Crippen LogP contribution is 2.61. The molecule has 3 aliphatic rings. The number of anilines is 1. The zero-order valence-electron chi connectivity index (χ0n) is 20.5. The lowest BCUT2D eigenvalue weighted by atomic mass is 9.87. The van der Waals surface area contributed by atoms with Gasteiger partial charge in [-0.2, -0.15) is 0 Å². The summed E-state index contributed by atoms with van der Waals surface area (Å²) >= 11 is 0. The topological polar surface area (TPSA) is 129 Å². The molecular formula is C27H26N4O6. The van der Waals surface area contributed by atoms with Gasteiger partial charge in [0.1, 0.15) is 28.9 Å². The summed E-state index contributed by atoms with van der Waals surface area (Å²) < 4.78 is 12.5. The average Bonchev–Trinajstić information content (AvgIpc) is 3.60. The number of aromatic nitrogens is 2. The van der Waals surface area contributed by atoms with Crippen molar-refractivity contribution in [2.45, 2.75) is 44.1 Å². The number of aryl methyl sites for hydroxylation is 1. The van der Waals surface area contributed by atoms with E-state index in [9.17, 15) is 19.2 Å². The van der Waals surface area contributed by atoms with Gasteiger partial charge in [0.05, 0.1) is 24.8 Å². The van der Waals surface area contributed by atoms with Crippen molar-refractivity contribution in [2.24, 2.45) is 5.92 Å². The quantitative estimate of drug-likeness (QED) is 0.524. The average molecular weight is 503 g/mol. The van der Waals surface area contributed by atoms with Crippen LogP contribution in [0.3, 0.4) is 0 Å². The number of benzene rings is 2. The molecule has 3 aromatic rings. The number of carbonyl (C=O) groups excluding carboxylic acids is 3. The molecule has 37 heavy (non-hydrogen) atoms. The largest absolute Gasteiger partial charge is 0.497 e. The fourth-order valence-electron chi connectivity index (χ4n) is 5.80. The molecule has 2 fully saturated rings. The van der Waals surface area contributed by atoms with E-state index in [4.69, 9.17) is 9.47 Å². The fraction of sp³-hybridized carbons (Fsp3) is 0.370. The van der Waals surface area contributed by atoms with Gasteiger partial charge >= 0.3 is 0 Å². The Morgan fingerprint density at radius 3 is 2.86 bits per heavy atom. The number of imide groups is 1. The summed E-state index contributed by atoms with van der Waals surface area (Å²) in [6.07, 6.45) is 1.81. The van der Waals surface area contributed by atoms with Crippen LogP contribution in [0, 0.1) is 12.8 Å². The Hall–Kier alpha value is -4.21. The minimum atomic E-state index is -0.808. The van der Waals surface area contributed by atoms with Crippen LogP contribution in [-0.4, -0.2) is 41.0 Å². The third-order valence-electron chi connectivity index (χ3n) is 7.81. The van der Waals surface area contributed by atoms with Gasteiger partial charge in [-0.1, -0.05) is 6.07 Å². The number of methoxy groups -OCH3 is 1. The molecule has 1 aromatic heterocycles. The van der Waals surface area contributed by atoms with Gasteiger partial charge in [-0.25, -0.2) is 4.98 Å². The van der Waals surface area contributed by atoms with Crippen LogP contribution >= 0.6 is 0 Å². The molecule has 0 bridgehead atoms. The van der Waals surface area contributed by atoms with Crippen LogP contribution < -0.4 is 25.7 Å². The van der Waals surface area contributed by atoms with Crippen LogP contribution in [0.2, 0.25) is 0 Å². The van der Waals surface area contributed by atoms with Gasteiger partial charge in [-0.15, -0.1) is 0 Å². The third-order valence-corrected chi connectivity index (χ3v) is 7.81. The summed E-state index contributed by atoms with van der Waals surface area (Å²) in [4.78, 5) is 55.4. The number of hydrogen-bond acceptors (Lipinski definition) is 7. The molecule has 1 aliphatic carbocycles. The van der Waals surface area contributed by atoms with E-state index in [1.165, 1.54) is 4.57 Å². The van der Waals surface area contributed by atoms with E-state index in [1.807, 2.05) is 18.2 Å². The number of hydrogen-bond donors (Lipinski definition) is 2. The Morgan fingerprint density at radius 1 is 1.24 bits per heavy atom. The van der Waals surface area contributed by atoms with Crippen molar-refractivity contribution in [3.8, 4) is 11.5 Å². The van der Waals surface area contributed by atoms with E-state index in [0.717, 1.165) is 23.5 Å². The van der Waals surface area contributed by atoms with E-state index in [1.54, 1.807) is 32.2 Å². The molecule has 2 N–H and O–H groups in total. The smallest absolute Gasteiger partial charge is 0.262 e. The first-order valence-electron chi connectivity index (χ1n) is 12.3. The lowest BCUT2D eigenvalue weighted by molar-refractivity contribution is -0.135. The maximum atomic E-state index is 13.4. The summed E-state index contributed by atoms with van der Waals surface area (Å²) in [6, 6.07) is 9.90. The van der Waals surface area contributed by atoms with Crippen molar-refractivity contribution in [3.05, 3.63) is 58.1 Å². The number of para-hydroxylation sites is 1. The third kappa shape index (κ3) is 3.66. The number of amides is 3. The molecule has 1 unspecified atom stereocenters. The van der Waals surface area contributed by atoms with Gasteiger partial charge in [-0.05, 0) is 56.5 Å². The van der Waals surface area contributed by atoms with E-state index in [-0.39, 0.29) is 41.5 Å². The van der Waals surface area contributed by atoms with Gasteiger partial charge in [0.15, 0.2) is 0 Å². The SMILES string of the molecule is COc1ccc2c(c1)[C@@]1(CCO2)C[C@@H]1C(=O)Nc1cccc2c(=O)n(C3CCC(=O)NC3=O)c(C)nc12. The normalized spacial score (nSPS) is 24.3. The molecule has 10 nitrogen and oxygen atoms in total. The summed E-state index contributed by atoms with van der Waals surface area (Å²) in [5, 5.41) is 5.58. The standard InChI is InChI=1S/C27H26N4O6/c1-14-28-23-16(26(35)31(14)20-7-9-22(32)30-25(20)34)4-3-5-19(23)29-24(33)18-13-27(18)10-11-37-21-8-6-15(36-2)12-17(21)27/h3-6,8,12,18,20H,7,9-11,13H2,1-2H3,(H,29,33)(H,30,32,34)/t18-,20?,27-/m1/s1. The van der Waals surface area contributed by atoms with Gasteiger partial charge in [0.25, 0.3) is 5.56 Å². The first-order valence-corrected chi connectivity index (χ1v) is 12.3. The fourth-order valence-corrected chi connectivity index (χ4v) is 5.80. The highest BCUT2D eigenvalue weighted by molar-refractivity contribution is 6.03. The van der Waals surface area contributed by atoms with Crippen molar-refractivity contribution >= 4 is 34.3 Å². The number of ether oxygens (including phenoxy) is 2. The molecule has 2 aromatic carbocycles. The first-order chi connectivity index (χ1) is 17.8. The van der Waals surface area contributed by atoms with Gasteiger partial charge < -0.3 is 14.8 Å². The number of carbonyl (C=O) groups is 3. The molecule has 2 aliphatic heterocycles. The predicted octanol–water partition coefficient (Wildman–Crippen LogP) is 2.37. The summed E-state index contributed by atoms with van der Waals surface area (Å²) in [5.41, 5.74) is 1.10. The monoisotopic (exact) mass is 502 g/mol. The first kappa shape index (κ1) is 23.2. The number of piperidine rings is 1. The van der Waals surface area contributed by atoms with Crippen LogP contribution in [0.4, 0.5) is 5.69 Å². The highest BCUT2D eigenvalue weighted by atomic mass is 16.5. The van der Waals surface area contributed by atoms with E-state index in [2.05, 4.69) is 15.6 Å². The highest BCUT2D eigenvalue weighted by Gasteiger charge is 2.61. The van der Waals surface area contributed by atoms with Crippen molar-refractivity contribution in [2.75, 3.05) is 19.0 Å². The zero-order valence-corrected chi connectivity index (χ0v) is 20.5. The van der Waals surface area contributed by atoms with Gasteiger partial charge in [0, 0.05) is 23.3 Å². The van der Waals surface area contributed by atoms with Gasteiger partial charge in [-0.3, -0.25) is 29.1 Å². The Kier molecular flexibility index (Phi) is 5.29. The second-order valence-corrected chi connectivity index (χ2v) is 9.87. The molecule has 3 heterocycles. The molecule has 1 saturated carbocycles. The van der Waals surface area contributed by atoms with Crippen LogP contribution in [0.15, 0.2) is 41.2 Å². The van der Waals surface area contributed by atoms with Crippen LogP contribution in [0.25, 0.3) is 10.9 Å². The summed E-state index contributed by atoms with van der Waals surface area (Å²) in [7, 11) is 1.61. The van der Waals surface area contributed by atoms with Crippen LogP contribution in [-0.2, 0) is 19.8 Å². The maximum absolute atomic E-state index is 13.4. The molecule has 3 amide bonds. The van der Waals surface area contributed by atoms with E-state index >= 15 is 0 Å². The molecule has 10 heteroatoms. The molecular weight excluding hydrogens is 476 g/mol. The lowest BCUT2D eigenvalue weighted by Gasteiger charge is -2.27. The van der Waals surface area contributed by atoms with Crippen molar-refractivity contribution in [3.63, 3.8) is 0 Å². The molecule has 6 rings (SSSR count). The summed E-state index contributed by atoms with van der Waals surface area (Å²) in [5.74, 6) is 0.574. The number of nitrogens with one attached hydrogen (secondary N) is 2. The Labute approximate surface area is 212 Å². The van der Waals surface area contributed by atoms with Crippen LogP contribution in [0.1, 0.15) is 43.1 Å². The summed E-state index contributed by atoms with van der Waals surface area (Å²) in [6.45, 7) is 2.18. The van der Waals surface area contributed by atoms with E-state index in [0.29, 0.717) is 35.4 Å². The van der Waals surface area contributed by atoms with Crippen molar-refractivity contribution in [1.82, 2.24) is 14.9 Å². The second kappa shape index (κ2) is 8.43. The molecule has 0 radical (unpaired) electrons. The molecule has 1 saturated heterocycles. The maximum Gasteiger partial charge on any atom is 0.262 e. The number of fused-ring (bicyclic) bond motifs is 3. The predicted molar refractivity (Wildman–Crippen MR) is 134 cm³/mol. The number of nitrogens with zero attached hydrogens (tertiary/aromatic N) is 2. The van der Waals surface area contributed by atoms with Crippen molar-refractivity contribution in [1.29, 1.82) is 0 Å². The lowest BCUT2D eigenvalue weighted by Crippen LogP contribution is -2.45. The Morgan fingerprint density at radius 2 is 2.08 bits per heavy atom. The number of rotatable bonds is 4. The zero-order chi connectivity index (χ0) is 25.9. The second-order valence-electron chi connectivity index (χ2n) is 9.87. The van der Waals surface area contributed by atoms with Crippen molar-refractivity contribution < 1.29 is 23.9 Å². The molecule has 1 spiro atoms. The molecule has 3 atom stereocenters. The van der Waals surface area contributed by atoms with E-state index < -0.39 is 11.9 Å². The van der Waals surface area contributed by atoms with Gasteiger partial charge in [0.2, 0.25) is 17.7 Å².